The summed E-state index contributed by atoms with van der Waals surface area (Å²) in [5.41, 5.74) is 2.54. The monoisotopic (exact) mass is 369 g/mol. The molecule has 2 atom stereocenters. The summed E-state index contributed by atoms with van der Waals surface area (Å²) in [4.78, 5) is 20.6. The number of nitrogens with zero attached hydrogens (tertiary/aromatic N) is 3. The zero-order valence-corrected chi connectivity index (χ0v) is 16.1. The number of piperidine rings is 1. The number of amides is 1. The Labute approximate surface area is 157 Å². The van der Waals surface area contributed by atoms with Crippen LogP contribution in [0.25, 0.3) is 16.2 Å². The zero-order chi connectivity index (χ0) is 18.3. The Bertz CT molecular complexity index is 936. The first-order valence-electron chi connectivity index (χ1n) is 8.95. The molecule has 1 fully saturated rings. The minimum absolute atomic E-state index is 0.101. The summed E-state index contributed by atoms with van der Waals surface area (Å²) in [6.45, 7) is 6.10. The van der Waals surface area contributed by atoms with Crippen LogP contribution >= 0.6 is 11.3 Å². The molecule has 3 heterocycles. The van der Waals surface area contributed by atoms with E-state index < -0.39 is 0 Å². The van der Waals surface area contributed by atoms with Gasteiger partial charge in [0.1, 0.15) is 11.4 Å². The number of likely N-dealkylation sites (tertiary alicyclic amines) is 1. The van der Waals surface area contributed by atoms with Crippen molar-refractivity contribution in [3.8, 4) is 17.0 Å². The molecule has 1 saturated heterocycles. The SMILES string of the molecule is COc1cccc(-c2cn3c(C(=O)N4CC(C)CC(C)C4)csc3n2)c1. The lowest BCUT2D eigenvalue weighted by atomic mass is 9.92. The van der Waals surface area contributed by atoms with Gasteiger partial charge in [-0.3, -0.25) is 9.20 Å². The van der Waals surface area contributed by atoms with Crippen molar-refractivity contribution in [1.82, 2.24) is 14.3 Å². The molecule has 0 saturated carbocycles. The number of aromatic nitrogens is 2. The maximum absolute atomic E-state index is 13.1. The summed E-state index contributed by atoms with van der Waals surface area (Å²) in [6, 6.07) is 7.83. The summed E-state index contributed by atoms with van der Waals surface area (Å²) in [7, 11) is 1.65. The van der Waals surface area contributed by atoms with Crippen molar-refractivity contribution in [1.29, 1.82) is 0 Å². The fourth-order valence-electron chi connectivity index (χ4n) is 3.85. The van der Waals surface area contributed by atoms with Crippen molar-refractivity contribution in [3.63, 3.8) is 0 Å². The molecular weight excluding hydrogens is 346 g/mol. The van der Waals surface area contributed by atoms with Crippen molar-refractivity contribution < 1.29 is 9.53 Å². The number of rotatable bonds is 3. The third kappa shape index (κ3) is 3.09. The van der Waals surface area contributed by atoms with Gasteiger partial charge in [0.2, 0.25) is 0 Å². The number of fused-ring (bicyclic) bond motifs is 1. The highest BCUT2D eigenvalue weighted by atomic mass is 32.1. The molecule has 0 aliphatic carbocycles. The van der Waals surface area contributed by atoms with Crippen molar-refractivity contribution in [2.24, 2.45) is 11.8 Å². The lowest BCUT2D eigenvalue weighted by Gasteiger charge is -2.34. The molecule has 1 aliphatic rings. The van der Waals surface area contributed by atoms with E-state index in [4.69, 9.17) is 9.72 Å². The maximum atomic E-state index is 13.1. The molecule has 0 N–H and O–H groups in total. The molecule has 6 heteroatoms. The molecule has 0 spiro atoms. The second-order valence-corrected chi connectivity index (χ2v) is 8.12. The topological polar surface area (TPSA) is 46.8 Å². The van der Waals surface area contributed by atoms with Crippen molar-refractivity contribution in [3.05, 3.63) is 41.5 Å². The second-order valence-electron chi connectivity index (χ2n) is 7.29. The van der Waals surface area contributed by atoms with Gasteiger partial charge in [0.05, 0.1) is 12.8 Å². The number of benzene rings is 1. The van der Waals surface area contributed by atoms with Crippen molar-refractivity contribution in [2.75, 3.05) is 20.2 Å². The Kier molecular flexibility index (Phi) is 4.44. The van der Waals surface area contributed by atoms with Crippen LogP contribution in [-0.2, 0) is 0 Å². The summed E-state index contributed by atoms with van der Waals surface area (Å²) in [5, 5.41) is 1.92. The van der Waals surface area contributed by atoms with Crippen LogP contribution in [0.2, 0.25) is 0 Å². The Morgan fingerprint density at radius 3 is 2.77 bits per heavy atom. The largest absolute Gasteiger partial charge is 0.497 e. The first-order chi connectivity index (χ1) is 12.5. The zero-order valence-electron chi connectivity index (χ0n) is 15.3. The molecule has 0 bridgehead atoms. The lowest BCUT2D eigenvalue weighted by Crippen LogP contribution is -2.42. The number of imidazole rings is 1. The Balaban J connectivity index is 1.66. The average Bonchev–Trinajstić information content (AvgIpc) is 3.21. The fourth-order valence-corrected chi connectivity index (χ4v) is 4.70. The van der Waals surface area contributed by atoms with Gasteiger partial charge in [0, 0.05) is 30.2 Å². The average molecular weight is 369 g/mol. The van der Waals surface area contributed by atoms with Gasteiger partial charge in [-0.25, -0.2) is 4.98 Å². The predicted octanol–water partition coefficient (Wildman–Crippen LogP) is 4.19. The van der Waals surface area contributed by atoms with Crippen LogP contribution in [0.5, 0.6) is 5.75 Å². The minimum atomic E-state index is 0.101. The molecule has 1 aliphatic heterocycles. The van der Waals surface area contributed by atoms with Crippen LogP contribution < -0.4 is 4.74 Å². The molecule has 26 heavy (non-hydrogen) atoms. The molecule has 136 valence electrons. The van der Waals surface area contributed by atoms with Gasteiger partial charge in [-0.1, -0.05) is 26.0 Å². The normalized spacial score (nSPS) is 20.5. The highest BCUT2D eigenvalue weighted by Crippen LogP contribution is 2.28. The lowest BCUT2D eigenvalue weighted by molar-refractivity contribution is 0.0616. The first kappa shape index (κ1) is 17.1. The van der Waals surface area contributed by atoms with Gasteiger partial charge < -0.3 is 9.64 Å². The third-order valence-corrected chi connectivity index (χ3v) is 5.79. The van der Waals surface area contributed by atoms with Gasteiger partial charge in [-0.2, -0.15) is 0 Å². The van der Waals surface area contributed by atoms with Crippen molar-refractivity contribution in [2.45, 2.75) is 20.3 Å². The summed E-state index contributed by atoms with van der Waals surface area (Å²) in [6.07, 6.45) is 3.14. The molecule has 2 aromatic heterocycles. The van der Waals surface area contributed by atoms with Crippen molar-refractivity contribution >= 4 is 22.2 Å². The van der Waals surface area contributed by atoms with Gasteiger partial charge in [0.25, 0.3) is 5.91 Å². The van der Waals surface area contributed by atoms with Crippen LogP contribution in [0.15, 0.2) is 35.8 Å². The maximum Gasteiger partial charge on any atom is 0.271 e. The molecule has 1 aromatic carbocycles. The number of carbonyl (C=O) groups excluding carboxylic acids is 1. The van der Waals surface area contributed by atoms with E-state index in [-0.39, 0.29) is 5.91 Å². The van der Waals surface area contributed by atoms with Gasteiger partial charge >= 0.3 is 0 Å². The highest BCUT2D eigenvalue weighted by molar-refractivity contribution is 7.15. The highest BCUT2D eigenvalue weighted by Gasteiger charge is 2.28. The van der Waals surface area contributed by atoms with Gasteiger partial charge in [-0.05, 0) is 30.4 Å². The van der Waals surface area contributed by atoms with E-state index in [0.29, 0.717) is 17.5 Å². The van der Waals surface area contributed by atoms with E-state index in [1.165, 1.54) is 17.8 Å². The third-order valence-electron chi connectivity index (χ3n) is 4.95. The first-order valence-corrected chi connectivity index (χ1v) is 9.83. The molecule has 5 nitrogen and oxygen atoms in total. The van der Waals surface area contributed by atoms with Crippen LogP contribution in [0.1, 0.15) is 30.8 Å². The molecule has 2 unspecified atom stereocenters. The standard InChI is InChI=1S/C20H23N3O2S/c1-13-7-14(2)10-22(9-13)19(24)18-12-26-20-21-17(11-23(18)20)15-5-4-6-16(8-15)25-3/h4-6,8,11-14H,7,9-10H2,1-3H3. The fraction of sp³-hybridized carbons (Fsp3) is 0.400. The van der Waals surface area contributed by atoms with Gasteiger partial charge in [-0.15, -0.1) is 11.3 Å². The van der Waals surface area contributed by atoms with Crippen LogP contribution in [0.3, 0.4) is 0 Å². The quantitative estimate of drug-likeness (QED) is 0.695. The summed E-state index contributed by atoms with van der Waals surface area (Å²) < 4.78 is 7.22. The number of ether oxygens (including phenoxy) is 1. The van der Waals surface area contributed by atoms with E-state index in [1.807, 2.05) is 45.1 Å². The molecular formula is C20H23N3O2S. The second kappa shape index (κ2) is 6.76. The van der Waals surface area contributed by atoms with Crippen LogP contribution in [0, 0.1) is 11.8 Å². The minimum Gasteiger partial charge on any atom is -0.497 e. The summed E-state index contributed by atoms with van der Waals surface area (Å²) in [5.74, 6) is 2.00. The van der Waals surface area contributed by atoms with E-state index in [0.717, 1.165) is 35.1 Å². The van der Waals surface area contributed by atoms with E-state index in [2.05, 4.69) is 13.8 Å². The van der Waals surface area contributed by atoms with E-state index in [9.17, 15) is 4.79 Å². The Morgan fingerprint density at radius 1 is 1.27 bits per heavy atom. The molecule has 0 radical (unpaired) electrons. The summed E-state index contributed by atoms with van der Waals surface area (Å²) >= 11 is 1.51. The molecule has 3 aromatic rings. The van der Waals surface area contributed by atoms with E-state index >= 15 is 0 Å². The molecule has 4 rings (SSSR count). The number of hydrogen-bond donors (Lipinski definition) is 0. The number of thiazole rings is 1. The predicted molar refractivity (Wildman–Crippen MR) is 104 cm³/mol. The van der Waals surface area contributed by atoms with Gasteiger partial charge in [0.15, 0.2) is 4.96 Å². The van der Waals surface area contributed by atoms with Crippen LogP contribution in [0.4, 0.5) is 0 Å². The Hall–Kier alpha value is -2.34. The Morgan fingerprint density at radius 2 is 2.04 bits per heavy atom. The van der Waals surface area contributed by atoms with Crippen LogP contribution in [-0.4, -0.2) is 40.4 Å². The number of methoxy groups -OCH3 is 1. The smallest absolute Gasteiger partial charge is 0.271 e. The van der Waals surface area contributed by atoms with E-state index in [1.54, 1.807) is 7.11 Å². The number of carbonyl (C=O) groups is 1. The molecule has 1 amide bonds. The number of hydrogen-bond acceptors (Lipinski definition) is 4.